The van der Waals surface area contributed by atoms with Crippen LogP contribution in [0.5, 0.6) is 0 Å². The zero-order chi connectivity index (χ0) is 20.5. The molecule has 0 unspecified atom stereocenters. The molecule has 2 rings (SSSR count). The van der Waals surface area contributed by atoms with Gasteiger partial charge in [-0.25, -0.2) is 0 Å². The van der Waals surface area contributed by atoms with Crippen LogP contribution in [0.2, 0.25) is 0 Å². The van der Waals surface area contributed by atoms with Crippen LogP contribution < -0.4 is 37.1 Å². The molecule has 2 aromatic rings. The fourth-order valence-electron chi connectivity index (χ4n) is 1.48. The van der Waals surface area contributed by atoms with E-state index in [-0.39, 0.29) is 45.3 Å². The Hall–Kier alpha value is -2.88. The third kappa shape index (κ3) is 4.27. The van der Waals surface area contributed by atoms with E-state index >= 15 is 0 Å². The smallest absolute Gasteiger partial charge is 0.304 e. The highest BCUT2D eigenvalue weighted by Gasteiger charge is 2.13. The molecule has 0 aromatic carbocycles. The first-order valence-corrected chi connectivity index (χ1v) is 9.47. The summed E-state index contributed by atoms with van der Waals surface area (Å²) in [5.74, 6) is -5.36. The van der Waals surface area contributed by atoms with Gasteiger partial charge in [-0.2, -0.15) is 0 Å². The van der Waals surface area contributed by atoms with Crippen LogP contribution in [0.15, 0.2) is 19.2 Å². The molecule has 0 spiro atoms. The van der Waals surface area contributed by atoms with Crippen molar-refractivity contribution >= 4 is 69.1 Å². The third-order valence-corrected chi connectivity index (χ3v) is 6.86. The Kier molecular flexibility index (Phi) is 5.89. The average Bonchev–Trinajstić information content (AvgIpc) is 2.58. The second-order valence-corrected chi connectivity index (χ2v) is 8.17. The van der Waals surface area contributed by atoms with Crippen LogP contribution in [0.25, 0.3) is 23.8 Å². The summed E-state index contributed by atoms with van der Waals surface area (Å²) in [6.07, 6.45) is 0. The maximum absolute atomic E-state index is 11.5. The number of aliphatic hydroxyl groups excluding tert-OH is 4. The Balaban J connectivity index is 2.92. The molecule has 2 aromatic heterocycles. The Morgan fingerprint density at radius 3 is 1.04 bits per heavy atom. The molecule has 0 fully saturated rings. The molecule has 0 atom stereocenters. The predicted octanol–water partition coefficient (Wildman–Crippen LogP) is -2.30. The Morgan fingerprint density at radius 2 is 0.778 bits per heavy atom. The van der Waals surface area contributed by atoms with Crippen molar-refractivity contribution in [2.24, 2.45) is 0 Å². The predicted molar refractivity (Wildman–Crippen MR) is 98.5 cm³/mol. The number of rotatable bonds is 2. The van der Waals surface area contributed by atoms with E-state index in [2.05, 4.69) is 4.74 Å². The lowest BCUT2D eigenvalue weighted by Crippen LogP contribution is -2.36. The molecule has 15 heteroatoms. The van der Waals surface area contributed by atoms with Gasteiger partial charge in [0.1, 0.15) is 18.1 Å². The summed E-state index contributed by atoms with van der Waals surface area (Å²) in [5, 5.41) is 56.5. The Morgan fingerprint density at radius 1 is 0.519 bits per heavy atom. The lowest BCUT2D eigenvalue weighted by molar-refractivity contribution is 0.208. The quantitative estimate of drug-likeness (QED) is 0.267. The number of aliphatic hydroxyl groups is 6. The summed E-state index contributed by atoms with van der Waals surface area (Å²) in [6.45, 7) is 0. The first kappa shape index (κ1) is 20.4. The van der Waals surface area contributed by atoms with Gasteiger partial charge in [-0.3, -0.25) is 19.2 Å². The molecule has 0 aliphatic rings. The van der Waals surface area contributed by atoms with Crippen molar-refractivity contribution in [2.75, 3.05) is 0 Å². The summed E-state index contributed by atoms with van der Waals surface area (Å²) in [4.78, 5) is 45.6. The number of ether oxygens (including phenoxy) is 1. The highest BCUT2D eigenvalue weighted by Crippen LogP contribution is 1.99. The van der Waals surface area contributed by atoms with Crippen LogP contribution in [-0.4, -0.2) is 30.6 Å². The molecule has 144 valence electrons. The fourth-order valence-corrected chi connectivity index (χ4v) is 4.73. The van der Waals surface area contributed by atoms with Gasteiger partial charge in [0.25, 0.3) is 30.9 Å². The number of hydrogen-bond donors (Lipinski definition) is 6. The maximum atomic E-state index is 11.5. The summed E-state index contributed by atoms with van der Waals surface area (Å²) < 4.78 is -2.22. The van der Waals surface area contributed by atoms with Crippen molar-refractivity contribution in [3.05, 3.63) is 56.3 Å². The average molecular weight is 454 g/mol. The minimum atomic E-state index is -1.41. The molecule has 0 bridgehead atoms. The van der Waals surface area contributed by atoms with Crippen molar-refractivity contribution in [1.29, 1.82) is 0 Å². The van der Waals surface area contributed by atoms with Crippen LogP contribution in [0.3, 0.4) is 0 Å². The van der Waals surface area contributed by atoms with E-state index in [0.717, 1.165) is 0 Å². The third-order valence-electron chi connectivity index (χ3n) is 2.51. The van der Waals surface area contributed by atoms with Crippen LogP contribution in [0.1, 0.15) is 0 Å². The first-order valence-electron chi connectivity index (χ1n) is 6.20. The molecule has 0 saturated carbocycles. The van der Waals surface area contributed by atoms with E-state index in [4.69, 9.17) is 20.4 Å². The lowest BCUT2D eigenvalue weighted by Gasteiger charge is -2.02. The molecule has 0 radical (unpaired) electrons. The van der Waals surface area contributed by atoms with E-state index < -0.39 is 60.9 Å². The topological polar surface area (TPSA) is 199 Å². The lowest BCUT2D eigenvalue weighted by atomic mass is 10.6. The van der Waals surface area contributed by atoms with Crippen molar-refractivity contribution in [1.82, 2.24) is 0 Å². The number of hydrogen-bond acceptors (Lipinski definition) is 15. The van der Waals surface area contributed by atoms with Crippen LogP contribution in [0.4, 0.5) is 0 Å². The molecule has 11 nitrogen and oxygen atoms in total. The van der Waals surface area contributed by atoms with Gasteiger partial charge in [0.15, 0.2) is 0 Å². The standard InChI is InChI=1S/C12H6O11S4/c13-5(14)1-3(26-11(21)9(19)24-1)7(17)23-8(18)4-2(6(15)16)25-10(20)12(22)27-4/h13-18H. The van der Waals surface area contributed by atoms with Gasteiger partial charge in [0.05, 0.1) is 0 Å². The zero-order valence-electron chi connectivity index (χ0n) is 12.4. The van der Waals surface area contributed by atoms with E-state index in [1.165, 1.54) is 0 Å². The molecule has 0 saturated heterocycles. The second kappa shape index (κ2) is 7.78. The SMILES string of the molecule is O=c1sc(=C(O)O)c(=C(O)OC(O)=c2sc(=O)c(=O)sc2=C(O)O)sc1=O. The summed E-state index contributed by atoms with van der Waals surface area (Å²) in [7, 11) is 0. The molecule has 6 N–H and O–H groups in total. The fraction of sp³-hybridized carbons (Fsp3) is 0. The van der Waals surface area contributed by atoms with Crippen molar-refractivity contribution in [2.45, 2.75) is 0 Å². The monoisotopic (exact) mass is 454 g/mol. The molecular formula is C12H6O11S4. The molecule has 2 heterocycles. The zero-order valence-corrected chi connectivity index (χ0v) is 15.6. The van der Waals surface area contributed by atoms with Gasteiger partial charge in [0, 0.05) is 0 Å². The summed E-state index contributed by atoms with van der Waals surface area (Å²) >= 11 is 0.322. The van der Waals surface area contributed by atoms with Crippen LogP contribution in [-0.2, 0) is 4.74 Å². The van der Waals surface area contributed by atoms with Gasteiger partial charge in [-0.1, -0.05) is 45.3 Å². The molecule has 0 aliphatic heterocycles. The first-order chi connectivity index (χ1) is 12.5. The van der Waals surface area contributed by atoms with Crippen molar-refractivity contribution in [3.8, 4) is 0 Å². The summed E-state index contributed by atoms with van der Waals surface area (Å²) in [5.41, 5.74) is 0. The largest absolute Gasteiger partial charge is 0.480 e. The normalized spacial score (nSPS) is 12.9. The van der Waals surface area contributed by atoms with Gasteiger partial charge < -0.3 is 35.4 Å². The van der Waals surface area contributed by atoms with Crippen molar-refractivity contribution < 1.29 is 35.4 Å². The van der Waals surface area contributed by atoms with Gasteiger partial charge in [-0.15, -0.1) is 0 Å². The van der Waals surface area contributed by atoms with Gasteiger partial charge in [-0.05, 0) is 0 Å². The van der Waals surface area contributed by atoms with E-state index in [9.17, 15) is 29.4 Å². The van der Waals surface area contributed by atoms with Gasteiger partial charge >= 0.3 is 11.9 Å². The minimum absolute atomic E-state index is 0.0756. The molecule has 0 amide bonds. The highest BCUT2D eigenvalue weighted by atomic mass is 32.1. The Bertz CT molecular complexity index is 1270. The van der Waals surface area contributed by atoms with E-state index in [1.54, 1.807) is 0 Å². The van der Waals surface area contributed by atoms with Crippen molar-refractivity contribution in [3.63, 3.8) is 0 Å². The van der Waals surface area contributed by atoms with Gasteiger partial charge in [0.2, 0.25) is 0 Å². The highest BCUT2D eigenvalue weighted by molar-refractivity contribution is 7.14. The molecule has 0 aliphatic carbocycles. The molecular weight excluding hydrogens is 448 g/mol. The Labute approximate surface area is 160 Å². The molecule has 27 heavy (non-hydrogen) atoms. The summed E-state index contributed by atoms with van der Waals surface area (Å²) in [6, 6.07) is 0. The van der Waals surface area contributed by atoms with E-state index in [1.807, 2.05) is 0 Å². The minimum Gasteiger partial charge on any atom is -0.480 e. The van der Waals surface area contributed by atoms with Crippen LogP contribution in [0, 0.1) is 0 Å². The van der Waals surface area contributed by atoms with E-state index in [0.29, 0.717) is 0 Å². The second-order valence-electron chi connectivity index (χ2n) is 4.23. The maximum Gasteiger partial charge on any atom is 0.304 e. The van der Waals surface area contributed by atoms with Crippen LogP contribution >= 0.6 is 45.3 Å².